The van der Waals surface area contributed by atoms with Crippen LogP contribution in [0.4, 0.5) is 0 Å². The third kappa shape index (κ3) is 1.21. The van der Waals surface area contributed by atoms with Crippen molar-refractivity contribution >= 4 is 5.97 Å². The Hall–Kier alpha value is -1.29. The van der Waals surface area contributed by atoms with Crippen LogP contribution in [0.1, 0.15) is 19.1 Å². The van der Waals surface area contributed by atoms with Crippen molar-refractivity contribution in [3.8, 4) is 0 Å². The Balaban J connectivity index is 3.04. The molecule has 4 heteroatoms. The first-order valence-corrected chi connectivity index (χ1v) is 3.67. The fraction of sp³-hybridized carbons (Fsp3) is 0.375. The molecule has 0 aliphatic carbocycles. The van der Waals surface area contributed by atoms with Gasteiger partial charge in [0.05, 0.1) is 6.26 Å². The lowest BCUT2D eigenvalue weighted by Crippen LogP contribution is -2.43. The highest BCUT2D eigenvalue weighted by Gasteiger charge is 2.36. The number of hydrogen-bond donors (Lipinski definition) is 2. The van der Waals surface area contributed by atoms with E-state index < -0.39 is 11.5 Å². The summed E-state index contributed by atoms with van der Waals surface area (Å²) in [6.07, 6.45) is 1.71. The molecule has 0 amide bonds. The summed E-state index contributed by atoms with van der Waals surface area (Å²) in [6, 6.07) is 3.19. The summed E-state index contributed by atoms with van der Waals surface area (Å²) < 4.78 is 4.94. The molecule has 0 unspecified atom stereocenters. The van der Waals surface area contributed by atoms with E-state index in [9.17, 15) is 4.79 Å². The molecule has 0 aliphatic rings. The third-order valence-corrected chi connectivity index (χ3v) is 1.90. The maximum absolute atomic E-state index is 10.8. The van der Waals surface area contributed by atoms with E-state index >= 15 is 0 Å². The van der Waals surface area contributed by atoms with Crippen LogP contribution in [-0.2, 0) is 10.3 Å². The fourth-order valence-corrected chi connectivity index (χ4v) is 0.963. The van der Waals surface area contributed by atoms with Gasteiger partial charge in [0.25, 0.3) is 0 Å². The van der Waals surface area contributed by atoms with Crippen molar-refractivity contribution in [2.45, 2.75) is 18.9 Å². The van der Waals surface area contributed by atoms with Crippen LogP contribution in [0.2, 0.25) is 0 Å². The van der Waals surface area contributed by atoms with E-state index in [-0.39, 0.29) is 5.76 Å². The lowest BCUT2D eigenvalue weighted by molar-refractivity contribution is -0.144. The van der Waals surface area contributed by atoms with Crippen LogP contribution in [0.5, 0.6) is 0 Å². The van der Waals surface area contributed by atoms with Gasteiger partial charge in [0.2, 0.25) is 0 Å². The van der Waals surface area contributed by atoms with Gasteiger partial charge >= 0.3 is 5.97 Å². The van der Waals surface area contributed by atoms with Gasteiger partial charge in [0.1, 0.15) is 5.76 Å². The lowest BCUT2D eigenvalue weighted by atomic mass is 9.95. The van der Waals surface area contributed by atoms with Gasteiger partial charge in [0, 0.05) is 0 Å². The monoisotopic (exact) mass is 169 g/mol. The molecule has 0 aliphatic heterocycles. The first kappa shape index (κ1) is 8.80. The molecule has 1 rings (SSSR count). The van der Waals surface area contributed by atoms with Crippen molar-refractivity contribution < 1.29 is 14.3 Å². The standard InChI is InChI=1S/C8H11NO3/c1-2-8(9,7(10)11)6-4-3-5-12-6/h3-5H,2,9H2,1H3,(H,10,11)/t8-/m1/s1. The zero-order chi connectivity index (χ0) is 9.19. The number of aliphatic carboxylic acids is 1. The normalized spacial score (nSPS) is 15.5. The van der Waals surface area contributed by atoms with E-state index in [2.05, 4.69) is 0 Å². The van der Waals surface area contributed by atoms with Crippen molar-refractivity contribution in [2.75, 3.05) is 0 Å². The van der Waals surface area contributed by atoms with Crippen LogP contribution < -0.4 is 5.73 Å². The molecule has 0 saturated heterocycles. The molecule has 1 aromatic rings. The summed E-state index contributed by atoms with van der Waals surface area (Å²) in [5, 5.41) is 8.82. The Bertz CT molecular complexity index is 268. The highest BCUT2D eigenvalue weighted by Crippen LogP contribution is 2.22. The summed E-state index contributed by atoms with van der Waals surface area (Å²) in [5.41, 5.74) is 4.23. The number of hydrogen-bond acceptors (Lipinski definition) is 3. The van der Waals surface area contributed by atoms with Crippen LogP contribution in [0.25, 0.3) is 0 Å². The Morgan fingerprint density at radius 3 is 2.83 bits per heavy atom. The van der Waals surface area contributed by atoms with Gasteiger partial charge in [-0.05, 0) is 18.6 Å². The first-order chi connectivity index (χ1) is 5.61. The van der Waals surface area contributed by atoms with Crippen LogP contribution in [0, 0.1) is 0 Å². The maximum Gasteiger partial charge on any atom is 0.331 e. The molecule has 0 radical (unpaired) electrons. The van der Waals surface area contributed by atoms with Gasteiger partial charge in [-0.25, -0.2) is 4.79 Å². The number of carbonyl (C=O) groups is 1. The summed E-state index contributed by atoms with van der Waals surface area (Å²) in [7, 11) is 0. The number of carboxylic acid groups (broad SMARTS) is 1. The van der Waals surface area contributed by atoms with E-state index in [4.69, 9.17) is 15.3 Å². The Morgan fingerprint density at radius 2 is 2.50 bits per heavy atom. The number of nitrogens with two attached hydrogens (primary N) is 1. The van der Waals surface area contributed by atoms with E-state index in [1.807, 2.05) is 0 Å². The van der Waals surface area contributed by atoms with Crippen molar-refractivity contribution in [1.29, 1.82) is 0 Å². The minimum atomic E-state index is -1.39. The molecule has 66 valence electrons. The summed E-state index contributed by atoms with van der Waals surface area (Å²) in [6.45, 7) is 1.70. The summed E-state index contributed by atoms with van der Waals surface area (Å²) >= 11 is 0. The molecule has 0 bridgehead atoms. The number of furan rings is 1. The van der Waals surface area contributed by atoms with Crippen LogP contribution in [-0.4, -0.2) is 11.1 Å². The SMILES string of the molecule is CC[C@](N)(C(=O)O)c1ccco1. The molecule has 0 aromatic carbocycles. The average Bonchev–Trinajstić information content (AvgIpc) is 2.54. The molecule has 1 atom stereocenters. The second-order valence-corrected chi connectivity index (χ2v) is 2.61. The van der Waals surface area contributed by atoms with Gasteiger partial charge < -0.3 is 15.3 Å². The number of rotatable bonds is 3. The van der Waals surface area contributed by atoms with E-state index in [1.54, 1.807) is 19.1 Å². The Labute approximate surface area is 70.0 Å². The highest BCUT2D eigenvalue weighted by atomic mass is 16.4. The molecule has 3 N–H and O–H groups in total. The van der Waals surface area contributed by atoms with Gasteiger partial charge in [-0.3, -0.25) is 0 Å². The maximum atomic E-state index is 10.8. The Kier molecular flexibility index (Phi) is 2.19. The lowest BCUT2D eigenvalue weighted by Gasteiger charge is -2.19. The van der Waals surface area contributed by atoms with Crippen LogP contribution >= 0.6 is 0 Å². The second kappa shape index (κ2) is 2.98. The van der Waals surface area contributed by atoms with E-state index in [0.29, 0.717) is 6.42 Å². The van der Waals surface area contributed by atoms with Crippen molar-refractivity contribution in [2.24, 2.45) is 5.73 Å². The molecule has 0 saturated carbocycles. The molecule has 0 spiro atoms. The average molecular weight is 169 g/mol. The summed E-state index contributed by atoms with van der Waals surface area (Å²) in [5.74, 6) is -0.780. The highest BCUT2D eigenvalue weighted by molar-refractivity contribution is 5.79. The summed E-state index contributed by atoms with van der Waals surface area (Å²) in [4.78, 5) is 10.8. The van der Waals surface area contributed by atoms with Crippen molar-refractivity contribution in [3.05, 3.63) is 24.2 Å². The Morgan fingerprint density at radius 1 is 1.83 bits per heavy atom. The molecular formula is C8H11NO3. The smallest absolute Gasteiger partial charge is 0.331 e. The largest absolute Gasteiger partial charge is 0.480 e. The van der Waals surface area contributed by atoms with Crippen molar-refractivity contribution in [1.82, 2.24) is 0 Å². The molecule has 1 aromatic heterocycles. The quantitative estimate of drug-likeness (QED) is 0.705. The van der Waals surface area contributed by atoms with Gasteiger partial charge in [0.15, 0.2) is 5.54 Å². The minimum Gasteiger partial charge on any atom is -0.480 e. The molecule has 1 heterocycles. The molecule has 0 fully saturated rings. The fourth-order valence-electron chi connectivity index (χ4n) is 0.963. The topological polar surface area (TPSA) is 76.5 Å². The second-order valence-electron chi connectivity index (χ2n) is 2.61. The van der Waals surface area contributed by atoms with Gasteiger partial charge in [-0.2, -0.15) is 0 Å². The van der Waals surface area contributed by atoms with Crippen molar-refractivity contribution in [3.63, 3.8) is 0 Å². The first-order valence-electron chi connectivity index (χ1n) is 3.67. The van der Waals surface area contributed by atoms with E-state index in [1.165, 1.54) is 6.26 Å². The third-order valence-electron chi connectivity index (χ3n) is 1.90. The zero-order valence-electron chi connectivity index (χ0n) is 6.78. The predicted molar refractivity (Wildman–Crippen MR) is 42.5 cm³/mol. The molecule has 4 nitrogen and oxygen atoms in total. The predicted octanol–water partition coefficient (Wildman–Crippen LogP) is 0.928. The number of carboxylic acids is 1. The van der Waals surface area contributed by atoms with Gasteiger partial charge in [-0.1, -0.05) is 6.92 Å². The van der Waals surface area contributed by atoms with Gasteiger partial charge in [-0.15, -0.1) is 0 Å². The zero-order valence-corrected chi connectivity index (χ0v) is 6.78. The minimum absolute atomic E-state index is 0.289. The van der Waals surface area contributed by atoms with Crippen LogP contribution in [0.3, 0.4) is 0 Å². The van der Waals surface area contributed by atoms with Crippen LogP contribution in [0.15, 0.2) is 22.8 Å². The molecule has 12 heavy (non-hydrogen) atoms. The van der Waals surface area contributed by atoms with E-state index in [0.717, 1.165) is 0 Å². The molecular weight excluding hydrogens is 158 g/mol.